The van der Waals surface area contributed by atoms with Gasteiger partial charge in [-0.3, -0.25) is 4.79 Å². The average Bonchev–Trinajstić information content (AvgIpc) is 2.77. The van der Waals surface area contributed by atoms with Crippen molar-refractivity contribution >= 4 is 11.6 Å². The average molecular weight is 263 g/mol. The number of nitrogens with two attached hydrogens (primary N) is 1. The van der Waals surface area contributed by atoms with Crippen LogP contribution in [-0.4, -0.2) is 23.0 Å². The summed E-state index contributed by atoms with van der Waals surface area (Å²) in [5.41, 5.74) is 6.19. The molecule has 19 heavy (non-hydrogen) atoms. The van der Waals surface area contributed by atoms with Crippen LogP contribution in [0.5, 0.6) is 0 Å². The fraction of sp³-hybridized carbons (Fsp3) is 0.231. The molecule has 6 heteroatoms. The van der Waals surface area contributed by atoms with Gasteiger partial charge in [0.25, 0.3) is 5.91 Å². The summed E-state index contributed by atoms with van der Waals surface area (Å²) in [5, 5.41) is 3.80. The van der Waals surface area contributed by atoms with Crippen molar-refractivity contribution in [3.05, 3.63) is 47.1 Å². The molecule has 0 aliphatic heterocycles. The predicted octanol–water partition coefficient (Wildman–Crippen LogP) is 1.98. The van der Waals surface area contributed by atoms with Crippen molar-refractivity contribution in [2.45, 2.75) is 13.5 Å². The highest BCUT2D eigenvalue weighted by Crippen LogP contribution is 2.18. The molecule has 0 fully saturated rings. The number of para-hydroxylation sites is 1. The Bertz CT molecular complexity index is 610. The number of carbonyl (C=O) groups excluding carboxylic acids is 1. The number of aromatic nitrogens is 1. The van der Waals surface area contributed by atoms with Crippen LogP contribution in [0, 0.1) is 12.7 Å². The number of anilines is 1. The normalized spacial score (nSPS) is 10.5. The first-order valence-electron chi connectivity index (χ1n) is 5.70. The van der Waals surface area contributed by atoms with E-state index in [1.54, 1.807) is 20.0 Å². The molecule has 1 aromatic carbocycles. The highest BCUT2D eigenvalue weighted by Gasteiger charge is 2.17. The van der Waals surface area contributed by atoms with Gasteiger partial charge in [-0.15, -0.1) is 0 Å². The van der Waals surface area contributed by atoms with Crippen molar-refractivity contribution < 1.29 is 13.7 Å². The first-order chi connectivity index (χ1) is 8.99. The summed E-state index contributed by atoms with van der Waals surface area (Å²) in [6.07, 6.45) is 0. The minimum absolute atomic E-state index is 0.141. The number of rotatable bonds is 3. The lowest BCUT2D eigenvalue weighted by Crippen LogP contribution is -2.27. The van der Waals surface area contributed by atoms with E-state index >= 15 is 0 Å². The maximum absolute atomic E-state index is 13.3. The Hall–Kier alpha value is -2.37. The molecule has 0 saturated heterocycles. The number of benzene rings is 1. The largest absolute Gasteiger partial charge is 0.396 e. The third kappa shape index (κ3) is 2.73. The topological polar surface area (TPSA) is 72.4 Å². The number of carbonyl (C=O) groups is 1. The number of hydrogen-bond acceptors (Lipinski definition) is 4. The van der Waals surface area contributed by atoms with Crippen molar-refractivity contribution in [2.75, 3.05) is 12.8 Å². The zero-order valence-electron chi connectivity index (χ0n) is 10.7. The Kier molecular flexibility index (Phi) is 3.50. The van der Waals surface area contributed by atoms with Gasteiger partial charge in [-0.05, 0) is 19.1 Å². The number of amides is 1. The smallest absolute Gasteiger partial charge is 0.256 e. The molecule has 0 saturated carbocycles. The van der Waals surface area contributed by atoms with Crippen LogP contribution in [0.2, 0.25) is 0 Å². The van der Waals surface area contributed by atoms with Crippen molar-refractivity contribution in [1.29, 1.82) is 0 Å². The van der Waals surface area contributed by atoms with E-state index in [1.165, 1.54) is 23.1 Å². The fourth-order valence-corrected chi connectivity index (χ4v) is 1.74. The van der Waals surface area contributed by atoms with E-state index in [4.69, 9.17) is 10.3 Å². The Morgan fingerprint density at radius 2 is 2.26 bits per heavy atom. The SMILES string of the molecule is Cc1cc(CN(C)C(=O)c2cccc(F)c2N)no1. The molecule has 2 rings (SSSR count). The third-order valence-electron chi connectivity index (χ3n) is 2.71. The van der Waals surface area contributed by atoms with Gasteiger partial charge in [-0.2, -0.15) is 0 Å². The Morgan fingerprint density at radius 1 is 1.53 bits per heavy atom. The van der Waals surface area contributed by atoms with E-state index in [0.717, 1.165) is 0 Å². The highest BCUT2D eigenvalue weighted by molar-refractivity contribution is 5.99. The van der Waals surface area contributed by atoms with Gasteiger partial charge in [0.2, 0.25) is 0 Å². The van der Waals surface area contributed by atoms with Crippen LogP contribution in [0.3, 0.4) is 0 Å². The zero-order chi connectivity index (χ0) is 14.0. The molecule has 0 bridgehead atoms. The van der Waals surface area contributed by atoms with E-state index in [0.29, 0.717) is 11.5 Å². The molecule has 0 aliphatic carbocycles. The second kappa shape index (κ2) is 5.09. The fourth-order valence-electron chi connectivity index (χ4n) is 1.74. The third-order valence-corrected chi connectivity index (χ3v) is 2.71. The van der Waals surface area contributed by atoms with E-state index in [9.17, 15) is 9.18 Å². The van der Waals surface area contributed by atoms with Crippen molar-refractivity contribution in [1.82, 2.24) is 10.1 Å². The second-order valence-electron chi connectivity index (χ2n) is 4.29. The molecule has 1 aromatic heterocycles. The maximum Gasteiger partial charge on any atom is 0.256 e. The van der Waals surface area contributed by atoms with Gasteiger partial charge in [0.15, 0.2) is 0 Å². The lowest BCUT2D eigenvalue weighted by Gasteiger charge is -2.16. The number of aryl methyl sites for hydroxylation is 1. The van der Waals surface area contributed by atoms with Gasteiger partial charge in [-0.25, -0.2) is 4.39 Å². The lowest BCUT2D eigenvalue weighted by molar-refractivity contribution is 0.0783. The van der Waals surface area contributed by atoms with Crippen LogP contribution in [-0.2, 0) is 6.54 Å². The summed E-state index contributed by atoms with van der Waals surface area (Å²) >= 11 is 0. The zero-order valence-corrected chi connectivity index (χ0v) is 10.7. The molecule has 0 spiro atoms. The standard InChI is InChI=1S/C13H14FN3O2/c1-8-6-9(16-19-8)7-17(2)13(18)10-4-3-5-11(14)12(10)15/h3-6H,7,15H2,1-2H3. The molecule has 0 atom stereocenters. The number of hydrogen-bond donors (Lipinski definition) is 1. The van der Waals surface area contributed by atoms with Gasteiger partial charge in [0.1, 0.15) is 17.3 Å². The summed E-state index contributed by atoms with van der Waals surface area (Å²) in [6.45, 7) is 2.04. The highest BCUT2D eigenvalue weighted by atomic mass is 19.1. The van der Waals surface area contributed by atoms with E-state index in [2.05, 4.69) is 5.16 Å². The first-order valence-corrected chi connectivity index (χ1v) is 5.70. The molecule has 5 nitrogen and oxygen atoms in total. The van der Waals surface area contributed by atoms with Crippen LogP contribution >= 0.6 is 0 Å². The molecular formula is C13H14FN3O2. The Balaban J connectivity index is 2.17. The van der Waals surface area contributed by atoms with Crippen molar-refractivity contribution in [3.8, 4) is 0 Å². The van der Waals surface area contributed by atoms with Crippen LogP contribution in [0.4, 0.5) is 10.1 Å². The molecule has 1 heterocycles. The van der Waals surface area contributed by atoms with Gasteiger partial charge >= 0.3 is 0 Å². The summed E-state index contributed by atoms with van der Waals surface area (Å²) in [6, 6.07) is 5.89. The van der Waals surface area contributed by atoms with Gasteiger partial charge < -0.3 is 15.2 Å². The van der Waals surface area contributed by atoms with Gasteiger partial charge in [0.05, 0.1) is 17.8 Å². The van der Waals surface area contributed by atoms with Crippen molar-refractivity contribution in [3.63, 3.8) is 0 Å². The maximum atomic E-state index is 13.3. The molecule has 2 N–H and O–H groups in total. The Labute approximate surface area is 109 Å². The van der Waals surface area contributed by atoms with Gasteiger partial charge in [-0.1, -0.05) is 11.2 Å². The van der Waals surface area contributed by atoms with E-state index in [-0.39, 0.29) is 23.7 Å². The van der Waals surface area contributed by atoms with Crippen LogP contribution < -0.4 is 5.73 Å². The summed E-state index contributed by atoms with van der Waals surface area (Å²) in [4.78, 5) is 13.6. The van der Waals surface area contributed by atoms with Crippen molar-refractivity contribution in [2.24, 2.45) is 0 Å². The lowest BCUT2D eigenvalue weighted by atomic mass is 10.1. The quantitative estimate of drug-likeness (QED) is 0.859. The number of halogens is 1. The summed E-state index contributed by atoms with van der Waals surface area (Å²) in [7, 11) is 1.59. The van der Waals surface area contributed by atoms with Crippen LogP contribution in [0.15, 0.2) is 28.8 Å². The van der Waals surface area contributed by atoms with Gasteiger partial charge in [0, 0.05) is 13.1 Å². The molecule has 100 valence electrons. The molecule has 2 aromatic rings. The minimum Gasteiger partial charge on any atom is -0.396 e. The van der Waals surface area contributed by atoms with E-state index < -0.39 is 5.82 Å². The first kappa shape index (κ1) is 13.1. The van der Waals surface area contributed by atoms with E-state index in [1.807, 2.05) is 0 Å². The number of nitrogen functional groups attached to an aromatic ring is 1. The molecule has 0 radical (unpaired) electrons. The number of nitrogens with zero attached hydrogens (tertiary/aromatic N) is 2. The Morgan fingerprint density at radius 3 is 2.89 bits per heavy atom. The summed E-state index contributed by atoms with van der Waals surface area (Å²) in [5.74, 6) is -0.296. The van der Waals surface area contributed by atoms with Crippen LogP contribution in [0.1, 0.15) is 21.8 Å². The second-order valence-corrected chi connectivity index (χ2v) is 4.29. The monoisotopic (exact) mass is 263 g/mol. The van der Waals surface area contributed by atoms with Crippen LogP contribution in [0.25, 0.3) is 0 Å². The molecular weight excluding hydrogens is 249 g/mol. The summed E-state index contributed by atoms with van der Waals surface area (Å²) < 4.78 is 18.2. The molecule has 0 aliphatic rings. The molecule has 0 unspecified atom stereocenters. The minimum atomic E-state index is -0.600. The predicted molar refractivity (Wildman–Crippen MR) is 67.8 cm³/mol. The molecule has 1 amide bonds.